The van der Waals surface area contributed by atoms with E-state index in [1.54, 1.807) is 52.7 Å². The van der Waals surface area contributed by atoms with E-state index in [2.05, 4.69) is 48.5 Å². The molecule has 0 saturated carbocycles. The van der Waals surface area contributed by atoms with Gasteiger partial charge in [-0.3, -0.25) is 0 Å². The maximum Gasteiger partial charge on any atom is 0.167 e. The molecule has 0 saturated heterocycles. The summed E-state index contributed by atoms with van der Waals surface area (Å²) in [6.45, 7) is 0. The van der Waals surface area contributed by atoms with Gasteiger partial charge in [0, 0.05) is 92.5 Å². The molecule has 484 valence electrons. The predicted octanol–water partition coefficient (Wildman–Crippen LogP) is 20.5. The Morgan fingerprint density at radius 1 is 0.206 bits per heavy atom. The second-order valence-electron chi connectivity index (χ2n) is 23.1. The molecule has 0 amide bonds. The minimum atomic E-state index is -1.33. The summed E-state index contributed by atoms with van der Waals surface area (Å²) in [6.07, 6.45) is 0. The molecule has 12 nitrogen and oxygen atoms in total. The number of ether oxygens (including phenoxy) is 8. The lowest BCUT2D eigenvalue weighted by atomic mass is 9.70. The van der Waals surface area contributed by atoms with Gasteiger partial charge in [-0.1, -0.05) is 24.3 Å². The molecule has 2 aliphatic rings. The van der Waals surface area contributed by atoms with Crippen LogP contribution in [0.15, 0.2) is 243 Å². The topological polar surface area (TPSA) is 86.8 Å². The zero-order chi connectivity index (χ0) is 67.2. The van der Waals surface area contributed by atoms with Crippen molar-refractivity contribution in [2.45, 2.75) is 5.41 Å². The van der Waals surface area contributed by atoms with Crippen molar-refractivity contribution in [3.63, 3.8) is 0 Å². The van der Waals surface area contributed by atoms with E-state index in [4.69, 9.17) is 37.9 Å². The summed E-state index contributed by atoms with van der Waals surface area (Å²) >= 11 is 0. The van der Waals surface area contributed by atoms with Gasteiger partial charge in [0.15, 0.2) is 46.3 Å². The Kier molecular flexibility index (Phi) is 16.5. The van der Waals surface area contributed by atoms with E-state index in [9.17, 15) is 0 Å². The fourth-order valence-electron chi connectivity index (χ4n) is 13.6. The first-order valence-electron chi connectivity index (χ1n) is 31.0. The summed E-state index contributed by atoms with van der Waals surface area (Å²) in [5.41, 5.74) is 12.9. The fourth-order valence-corrected chi connectivity index (χ4v) is 13.6. The number of rotatable bonds is 20. The molecule has 0 N–H and O–H groups in total. The standard InChI is InChI=1S/C81H64F4N4O8/c1-90-61-25-9-49(10-26-61)86(57-21-37-77(94-5)73(82)45-57)53-17-33-65-66-34-18-54(87(50-11-27-62(91-2)28-12-50)58-22-38-78(95-6)74(83)46-58)42-70(66)81(69(65)41-53)71-43-55(88(51-13-29-63(92-3)30-14-51)59-23-39-79(96-7)75(84)47-59)19-35-67(71)68-36-20-56(44-72(68)81)89(52-15-31-64(93-4)32-16-52)60-24-40-80(97-8)76(85)48-60/h9-48H,1-8H3. The molecule has 0 aliphatic heterocycles. The van der Waals surface area contributed by atoms with Crippen LogP contribution in [0.5, 0.6) is 46.0 Å². The Bertz CT molecular complexity index is 4340. The van der Waals surface area contributed by atoms with E-state index in [0.29, 0.717) is 91.2 Å². The van der Waals surface area contributed by atoms with Gasteiger partial charge in [0.2, 0.25) is 0 Å². The Labute approximate surface area is 559 Å². The van der Waals surface area contributed by atoms with E-state index >= 15 is 17.6 Å². The molecule has 0 heterocycles. The second-order valence-corrected chi connectivity index (χ2v) is 23.1. The van der Waals surface area contributed by atoms with Crippen LogP contribution in [0, 0.1) is 23.3 Å². The maximum atomic E-state index is 16.4. The SMILES string of the molecule is COc1ccc(N(c2ccc(OC)c(F)c2)c2ccc3c(c2)C2(c4cc(N(c5ccc(OC)cc5)c5ccc(OC)c(F)c5)ccc4-3)c3cc(N(c4ccc(OC)cc4)c4ccc(OC)c(F)c4)ccc3-c3ccc(N(c4ccc(OC)cc4)c4ccc(OC)c(F)c4)cc32)cc1. The van der Waals surface area contributed by atoms with E-state index in [1.807, 2.05) is 165 Å². The first kappa shape index (κ1) is 62.4. The van der Waals surface area contributed by atoms with Crippen molar-refractivity contribution in [1.29, 1.82) is 0 Å². The van der Waals surface area contributed by atoms with Gasteiger partial charge in [-0.05, 0) is 239 Å². The second kappa shape index (κ2) is 25.7. The van der Waals surface area contributed by atoms with Crippen LogP contribution in [0.3, 0.4) is 0 Å². The van der Waals surface area contributed by atoms with Crippen molar-refractivity contribution in [3.8, 4) is 68.2 Å². The number of fused-ring (bicyclic) bond motifs is 10. The predicted molar refractivity (Wildman–Crippen MR) is 374 cm³/mol. The number of benzene rings is 12. The lowest BCUT2D eigenvalue weighted by Crippen LogP contribution is -2.27. The number of hydrogen-bond donors (Lipinski definition) is 0. The summed E-state index contributed by atoms with van der Waals surface area (Å²) < 4.78 is 110. The third kappa shape index (κ3) is 10.9. The molecule has 0 atom stereocenters. The van der Waals surface area contributed by atoms with Crippen LogP contribution < -0.4 is 57.5 Å². The van der Waals surface area contributed by atoms with Crippen LogP contribution in [-0.2, 0) is 5.41 Å². The normalized spacial score (nSPS) is 12.0. The van der Waals surface area contributed by atoms with Gasteiger partial charge < -0.3 is 57.5 Å². The van der Waals surface area contributed by atoms with Gasteiger partial charge >= 0.3 is 0 Å². The molecule has 0 fully saturated rings. The van der Waals surface area contributed by atoms with Gasteiger partial charge in [-0.2, -0.15) is 0 Å². The molecule has 12 aromatic carbocycles. The van der Waals surface area contributed by atoms with E-state index in [-0.39, 0.29) is 23.0 Å². The first-order chi connectivity index (χ1) is 47.3. The van der Waals surface area contributed by atoms with Crippen molar-refractivity contribution in [2.75, 3.05) is 76.5 Å². The van der Waals surface area contributed by atoms with Crippen molar-refractivity contribution in [3.05, 3.63) is 288 Å². The van der Waals surface area contributed by atoms with Crippen molar-refractivity contribution in [2.24, 2.45) is 0 Å². The van der Waals surface area contributed by atoms with Crippen LogP contribution in [-0.4, -0.2) is 56.9 Å². The summed E-state index contributed by atoms with van der Waals surface area (Å²) in [5.74, 6) is 0.532. The maximum absolute atomic E-state index is 16.4. The molecule has 97 heavy (non-hydrogen) atoms. The highest BCUT2D eigenvalue weighted by Crippen LogP contribution is 2.66. The zero-order valence-electron chi connectivity index (χ0n) is 54.2. The number of halogens is 4. The quantitative estimate of drug-likeness (QED) is 0.0681. The van der Waals surface area contributed by atoms with Crippen LogP contribution in [0.1, 0.15) is 22.3 Å². The molecule has 1 spiro atoms. The van der Waals surface area contributed by atoms with Crippen LogP contribution in [0.4, 0.5) is 85.8 Å². The smallest absolute Gasteiger partial charge is 0.167 e. The molecule has 2 aliphatic carbocycles. The third-order valence-electron chi connectivity index (χ3n) is 18.1. The number of methoxy groups -OCH3 is 8. The number of hydrogen-bond acceptors (Lipinski definition) is 12. The minimum absolute atomic E-state index is 0.0755. The van der Waals surface area contributed by atoms with Crippen molar-refractivity contribution < 1.29 is 55.5 Å². The highest BCUT2D eigenvalue weighted by atomic mass is 19.1. The van der Waals surface area contributed by atoms with Crippen molar-refractivity contribution in [1.82, 2.24) is 0 Å². The van der Waals surface area contributed by atoms with Gasteiger partial charge in [0.1, 0.15) is 23.0 Å². The monoisotopic (exact) mass is 1300 g/mol. The van der Waals surface area contributed by atoms with E-state index in [0.717, 1.165) is 44.5 Å². The average Bonchev–Trinajstić information content (AvgIpc) is 1.50. The number of anilines is 12. The Hall–Kier alpha value is -12.0. The highest BCUT2D eigenvalue weighted by Gasteiger charge is 2.53. The molecule has 0 aromatic heterocycles. The molecular weight excluding hydrogens is 1230 g/mol. The fraction of sp³-hybridized carbons (Fsp3) is 0.111. The summed E-state index contributed by atoms with van der Waals surface area (Å²) in [5, 5.41) is 0. The summed E-state index contributed by atoms with van der Waals surface area (Å²) in [6, 6.07) is 74.9. The lowest BCUT2D eigenvalue weighted by Gasteiger charge is -2.35. The van der Waals surface area contributed by atoms with E-state index in [1.165, 1.54) is 52.7 Å². The average molecular weight is 1300 g/mol. The van der Waals surface area contributed by atoms with Gasteiger partial charge in [-0.25, -0.2) is 17.6 Å². The molecular formula is C81H64F4N4O8. The zero-order valence-corrected chi connectivity index (χ0v) is 54.2. The molecule has 12 aromatic rings. The van der Waals surface area contributed by atoms with Crippen LogP contribution in [0.2, 0.25) is 0 Å². The molecule has 0 bridgehead atoms. The summed E-state index contributed by atoms with van der Waals surface area (Å²) in [7, 11) is 12.1. The largest absolute Gasteiger partial charge is 0.497 e. The third-order valence-corrected chi connectivity index (χ3v) is 18.1. The van der Waals surface area contributed by atoms with Gasteiger partial charge in [0.05, 0.1) is 62.3 Å². The first-order valence-corrected chi connectivity index (χ1v) is 31.0. The molecule has 14 rings (SSSR count). The van der Waals surface area contributed by atoms with E-state index < -0.39 is 28.7 Å². The minimum Gasteiger partial charge on any atom is -0.497 e. The Morgan fingerprint density at radius 2 is 0.381 bits per heavy atom. The molecule has 0 radical (unpaired) electrons. The highest BCUT2D eigenvalue weighted by molar-refractivity contribution is 6.00. The molecule has 0 unspecified atom stereocenters. The van der Waals surface area contributed by atoms with Crippen molar-refractivity contribution >= 4 is 68.2 Å². The Morgan fingerprint density at radius 3 is 0.557 bits per heavy atom. The molecule has 16 heteroatoms. The van der Waals surface area contributed by atoms with Crippen LogP contribution >= 0.6 is 0 Å². The Balaban J connectivity index is 1.11. The number of nitrogens with zero attached hydrogens (tertiary/aromatic N) is 4. The van der Waals surface area contributed by atoms with Gasteiger partial charge in [0.25, 0.3) is 0 Å². The summed E-state index contributed by atoms with van der Waals surface area (Å²) in [4.78, 5) is 7.96. The van der Waals surface area contributed by atoms with Crippen LogP contribution in [0.25, 0.3) is 22.3 Å². The lowest BCUT2D eigenvalue weighted by molar-refractivity contribution is 0.386. The van der Waals surface area contributed by atoms with Gasteiger partial charge in [-0.15, -0.1) is 0 Å².